The third-order valence-electron chi connectivity index (χ3n) is 3.27. The number of fused-ring (bicyclic) bond motifs is 1. The number of rotatable bonds is 3. The van der Waals surface area contributed by atoms with Crippen molar-refractivity contribution in [1.29, 1.82) is 0 Å². The molecule has 1 atom stereocenters. The topological polar surface area (TPSA) is 39.4 Å². The highest BCUT2D eigenvalue weighted by Crippen LogP contribution is 2.31. The van der Waals surface area contributed by atoms with Gasteiger partial charge in [0.1, 0.15) is 16.9 Å². The van der Waals surface area contributed by atoms with E-state index in [1.807, 2.05) is 19.9 Å². The van der Waals surface area contributed by atoms with Crippen LogP contribution in [0.1, 0.15) is 24.4 Å². The highest BCUT2D eigenvalue weighted by Gasteiger charge is 2.17. The average molecular weight is 357 g/mol. The number of aryl methyl sites for hydroxylation is 1. The second kappa shape index (κ2) is 5.95. The van der Waals surface area contributed by atoms with Gasteiger partial charge in [0.2, 0.25) is 0 Å². The van der Waals surface area contributed by atoms with Gasteiger partial charge in [-0.15, -0.1) is 0 Å². The Morgan fingerprint density at radius 3 is 2.68 bits per heavy atom. The van der Waals surface area contributed by atoms with Crippen molar-refractivity contribution in [2.45, 2.75) is 20.0 Å². The molecule has 0 amide bonds. The summed E-state index contributed by atoms with van der Waals surface area (Å²) in [7, 11) is 0. The summed E-state index contributed by atoms with van der Waals surface area (Å²) in [6, 6.07) is 6.94. The molecule has 0 N–H and O–H groups in total. The Labute approximate surface area is 142 Å². The molecular formula is C15H12Cl3N3O. The summed E-state index contributed by atoms with van der Waals surface area (Å²) in [6.07, 6.45) is 1.39. The van der Waals surface area contributed by atoms with E-state index >= 15 is 0 Å². The van der Waals surface area contributed by atoms with Crippen molar-refractivity contribution in [1.82, 2.24) is 14.6 Å². The van der Waals surface area contributed by atoms with Gasteiger partial charge >= 0.3 is 0 Å². The van der Waals surface area contributed by atoms with Gasteiger partial charge in [0.25, 0.3) is 0 Å². The lowest BCUT2D eigenvalue weighted by Gasteiger charge is -2.16. The van der Waals surface area contributed by atoms with Crippen LogP contribution < -0.4 is 4.74 Å². The third-order valence-corrected chi connectivity index (χ3v) is 4.24. The van der Waals surface area contributed by atoms with Crippen LogP contribution in [0.3, 0.4) is 0 Å². The molecule has 0 aliphatic carbocycles. The fourth-order valence-electron chi connectivity index (χ4n) is 2.17. The predicted molar refractivity (Wildman–Crippen MR) is 88.2 cm³/mol. The third kappa shape index (κ3) is 2.74. The monoisotopic (exact) mass is 355 g/mol. The van der Waals surface area contributed by atoms with Crippen molar-refractivity contribution in [3.63, 3.8) is 0 Å². The number of hydrogen-bond acceptors (Lipinski definition) is 3. The molecule has 0 saturated heterocycles. The number of nitrogens with zero attached hydrogens (tertiary/aromatic N) is 3. The zero-order chi connectivity index (χ0) is 15.9. The van der Waals surface area contributed by atoms with E-state index in [0.29, 0.717) is 26.5 Å². The number of hydrogen-bond donors (Lipinski definition) is 0. The van der Waals surface area contributed by atoms with Gasteiger partial charge < -0.3 is 4.74 Å². The van der Waals surface area contributed by atoms with Crippen LogP contribution in [0.25, 0.3) is 5.65 Å². The van der Waals surface area contributed by atoms with Crippen LogP contribution in [0, 0.1) is 6.92 Å². The van der Waals surface area contributed by atoms with Gasteiger partial charge in [-0.1, -0.05) is 34.8 Å². The van der Waals surface area contributed by atoms with E-state index in [9.17, 15) is 0 Å². The Hall–Kier alpha value is -1.49. The Balaban J connectivity index is 1.98. The van der Waals surface area contributed by atoms with Crippen LogP contribution in [-0.4, -0.2) is 14.6 Å². The van der Waals surface area contributed by atoms with Crippen LogP contribution in [-0.2, 0) is 0 Å². The second-order valence-electron chi connectivity index (χ2n) is 4.84. The maximum atomic E-state index is 6.20. The number of halogens is 3. The molecule has 114 valence electrons. The van der Waals surface area contributed by atoms with Crippen molar-refractivity contribution < 1.29 is 4.74 Å². The summed E-state index contributed by atoms with van der Waals surface area (Å²) in [5, 5.41) is 5.96. The van der Waals surface area contributed by atoms with Crippen LogP contribution in [0.15, 0.2) is 30.5 Å². The zero-order valence-electron chi connectivity index (χ0n) is 11.8. The van der Waals surface area contributed by atoms with Crippen LogP contribution in [0.2, 0.25) is 15.1 Å². The Morgan fingerprint density at radius 1 is 1.18 bits per heavy atom. The van der Waals surface area contributed by atoms with Gasteiger partial charge in [-0.2, -0.15) is 5.10 Å². The van der Waals surface area contributed by atoms with Gasteiger partial charge in [-0.3, -0.25) is 0 Å². The van der Waals surface area contributed by atoms with E-state index in [-0.39, 0.29) is 6.10 Å². The van der Waals surface area contributed by atoms with Gasteiger partial charge in [0, 0.05) is 11.2 Å². The van der Waals surface area contributed by atoms with Crippen molar-refractivity contribution in [2.24, 2.45) is 0 Å². The van der Waals surface area contributed by atoms with Gasteiger partial charge in [-0.25, -0.2) is 9.50 Å². The number of ether oxygens (including phenoxy) is 1. The molecule has 2 heterocycles. The summed E-state index contributed by atoms with van der Waals surface area (Å²) in [6.45, 7) is 3.74. The lowest BCUT2D eigenvalue weighted by atomic mass is 10.2. The van der Waals surface area contributed by atoms with Gasteiger partial charge in [0.05, 0.1) is 16.4 Å². The van der Waals surface area contributed by atoms with Crippen LogP contribution in [0.5, 0.6) is 5.75 Å². The van der Waals surface area contributed by atoms with Crippen LogP contribution >= 0.6 is 34.8 Å². The minimum atomic E-state index is -0.292. The first-order valence-electron chi connectivity index (χ1n) is 6.59. The summed E-state index contributed by atoms with van der Waals surface area (Å²) in [5.41, 5.74) is 2.15. The summed E-state index contributed by atoms with van der Waals surface area (Å²) < 4.78 is 7.61. The average Bonchev–Trinajstić information content (AvgIpc) is 2.77. The van der Waals surface area contributed by atoms with Crippen molar-refractivity contribution in [3.05, 3.63) is 56.9 Å². The molecule has 22 heavy (non-hydrogen) atoms. The molecule has 0 radical (unpaired) electrons. The molecule has 7 heteroatoms. The van der Waals surface area contributed by atoms with Crippen molar-refractivity contribution in [2.75, 3.05) is 0 Å². The van der Waals surface area contributed by atoms with Crippen LogP contribution in [0.4, 0.5) is 0 Å². The van der Waals surface area contributed by atoms with E-state index in [0.717, 1.165) is 11.4 Å². The molecule has 0 spiro atoms. The highest BCUT2D eigenvalue weighted by molar-refractivity contribution is 6.35. The summed E-state index contributed by atoms with van der Waals surface area (Å²) in [5.74, 6) is 0.554. The van der Waals surface area contributed by atoms with E-state index in [2.05, 4.69) is 10.1 Å². The molecule has 3 rings (SSSR count). The number of aromatic nitrogens is 3. The fraction of sp³-hybridized carbons (Fsp3) is 0.200. The van der Waals surface area contributed by atoms with Crippen molar-refractivity contribution >= 4 is 40.4 Å². The first-order valence-corrected chi connectivity index (χ1v) is 7.72. The van der Waals surface area contributed by atoms with Gasteiger partial charge in [0.15, 0.2) is 5.65 Å². The Kier molecular flexibility index (Phi) is 4.17. The molecule has 0 unspecified atom stereocenters. The quantitative estimate of drug-likeness (QED) is 0.652. The highest BCUT2D eigenvalue weighted by atomic mass is 35.5. The maximum Gasteiger partial charge on any atom is 0.174 e. The molecule has 0 saturated carbocycles. The smallest absolute Gasteiger partial charge is 0.174 e. The first kappa shape index (κ1) is 15.4. The standard InChI is InChI=1S/C15H12Cl3N3O/c1-8-14(18)15-19-6-5-12(21(15)20-8)9(2)22-13-4-3-10(16)7-11(13)17/h3-7,9H,1-2H3/t9-/m1/s1. The minimum Gasteiger partial charge on any atom is -0.483 e. The molecule has 4 nitrogen and oxygen atoms in total. The van der Waals surface area contributed by atoms with Gasteiger partial charge in [-0.05, 0) is 38.1 Å². The van der Waals surface area contributed by atoms with E-state index in [1.54, 1.807) is 28.9 Å². The largest absolute Gasteiger partial charge is 0.483 e. The SMILES string of the molecule is Cc1nn2c([C@@H](C)Oc3ccc(Cl)cc3Cl)ccnc2c1Cl. The molecule has 0 fully saturated rings. The molecular weight excluding hydrogens is 345 g/mol. The summed E-state index contributed by atoms with van der Waals surface area (Å²) in [4.78, 5) is 4.25. The number of benzene rings is 1. The van der Waals surface area contributed by atoms with Crippen molar-refractivity contribution in [3.8, 4) is 5.75 Å². The minimum absolute atomic E-state index is 0.292. The van der Waals surface area contributed by atoms with E-state index in [1.165, 1.54) is 0 Å². The summed E-state index contributed by atoms with van der Waals surface area (Å²) >= 11 is 18.2. The first-order chi connectivity index (χ1) is 10.5. The molecule has 0 aliphatic rings. The maximum absolute atomic E-state index is 6.20. The molecule has 2 aromatic heterocycles. The van der Waals surface area contributed by atoms with E-state index < -0.39 is 0 Å². The second-order valence-corrected chi connectivity index (χ2v) is 6.06. The van der Waals surface area contributed by atoms with E-state index in [4.69, 9.17) is 39.5 Å². The Morgan fingerprint density at radius 2 is 1.95 bits per heavy atom. The lowest BCUT2D eigenvalue weighted by molar-refractivity contribution is 0.219. The molecule has 1 aromatic carbocycles. The normalized spacial score (nSPS) is 12.6. The fourth-order valence-corrected chi connectivity index (χ4v) is 2.79. The predicted octanol–water partition coefficient (Wildman–Crippen LogP) is 5.14. The zero-order valence-corrected chi connectivity index (χ0v) is 14.1. The molecule has 0 aliphatic heterocycles. The Bertz CT molecular complexity index is 847. The molecule has 0 bridgehead atoms. The lowest BCUT2D eigenvalue weighted by Crippen LogP contribution is -2.10. The molecule has 3 aromatic rings.